The molecule has 5 heterocycles. The molecule has 0 bridgehead atoms. The fourth-order valence-electron chi connectivity index (χ4n) is 8.74. The summed E-state index contributed by atoms with van der Waals surface area (Å²) in [4.78, 5) is 89.7. The highest BCUT2D eigenvalue weighted by Gasteiger charge is 2.45. The molecule has 7 rings (SSSR count). The number of aliphatic hydroxyl groups is 1. The molecule has 324 valence electrons. The molecule has 0 spiro atoms. The van der Waals surface area contributed by atoms with Crippen molar-refractivity contribution >= 4 is 46.9 Å². The summed E-state index contributed by atoms with van der Waals surface area (Å²) < 4.78 is 0. The SMILES string of the molecule is O=C1CCC(N2C(=O)c3cccc(NCCCCCCCCCC(=O)N4CCC(Nc5cc(C(=O)NC[C@H](O)CN6CCc7ccccc7C6)ncn5)CC4)c3C2=O)C(=O)N1. The standard InChI is InChI=1S/C45H57N9O7/c55-33(28-52-22-18-30-11-7-8-12-31(30)27-52)26-47-42(58)36-25-38(49-29-48-36)50-32-19-23-53(24-20-32)40(57)15-6-4-2-1-3-5-9-21-46-35-14-10-13-34-41(35)45(61)54(44(34)60)37-16-17-39(56)51-43(37)59/h7-8,10-14,25,29,32-33,37,46,55H,1-6,9,15-24,26-28H2,(H,47,58)(H,48,49,50)(H,51,56,59)/t33-,37?/m0/s1. The van der Waals surface area contributed by atoms with Gasteiger partial charge in [-0.2, -0.15) is 0 Å². The predicted molar refractivity (Wildman–Crippen MR) is 228 cm³/mol. The number of carbonyl (C=O) groups excluding carboxylic acids is 6. The van der Waals surface area contributed by atoms with Crippen LogP contribution in [-0.2, 0) is 27.3 Å². The highest BCUT2D eigenvalue weighted by molar-refractivity contribution is 6.25. The zero-order valence-electron chi connectivity index (χ0n) is 34.7. The number of aromatic nitrogens is 2. The molecule has 61 heavy (non-hydrogen) atoms. The summed E-state index contributed by atoms with van der Waals surface area (Å²) in [6.45, 7) is 4.23. The van der Waals surface area contributed by atoms with E-state index in [1.807, 2.05) is 11.0 Å². The lowest BCUT2D eigenvalue weighted by Crippen LogP contribution is -2.54. The van der Waals surface area contributed by atoms with E-state index >= 15 is 0 Å². The van der Waals surface area contributed by atoms with E-state index in [2.05, 4.69) is 54.3 Å². The number of nitrogens with zero attached hydrogens (tertiary/aromatic N) is 5. The van der Waals surface area contributed by atoms with Gasteiger partial charge in [0.1, 0.15) is 23.9 Å². The van der Waals surface area contributed by atoms with Gasteiger partial charge in [0.15, 0.2) is 0 Å². The van der Waals surface area contributed by atoms with Crippen molar-refractivity contribution in [3.63, 3.8) is 0 Å². The first-order valence-corrected chi connectivity index (χ1v) is 21.8. The van der Waals surface area contributed by atoms with Crippen molar-refractivity contribution in [2.75, 3.05) is 49.9 Å². The summed E-state index contributed by atoms with van der Waals surface area (Å²) in [5, 5.41) is 22.4. The normalized spacial score (nSPS) is 18.7. The van der Waals surface area contributed by atoms with Gasteiger partial charge in [-0.15, -0.1) is 0 Å². The average Bonchev–Trinajstić information content (AvgIpc) is 3.52. The Morgan fingerprint density at radius 3 is 2.38 bits per heavy atom. The molecule has 3 aromatic rings. The Bertz CT molecular complexity index is 2090. The topological polar surface area (TPSA) is 206 Å². The summed E-state index contributed by atoms with van der Waals surface area (Å²) in [5.41, 5.74) is 3.97. The second-order valence-electron chi connectivity index (χ2n) is 16.5. The van der Waals surface area contributed by atoms with Gasteiger partial charge in [-0.3, -0.25) is 43.9 Å². The van der Waals surface area contributed by atoms with Gasteiger partial charge in [-0.25, -0.2) is 9.97 Å². The number of benzene rings is 2. The van der Waals surface area contributed by atoms with E-state index in [0.717, 1.165) is 82.2 Å². The molecule has 2 atom stereocenters. The van der Waals surface area contributed by atoms with Gasteiger partial charge in [0.25, 0.3) is 17.7 Å². The summed E-state index contributed by atoms with van der Waals surface area (Å²) >= 11 is 0. The first-order valence-electron chi connectivity index (χ1n) is 21.8. The second kappa shape index (κ2) is 20.7. The number of unbranched alkanes of at least 4 members (excludes halogenated alkanes) is 6. The van der Waals surface area contributed by atoms with Crippen LogP contribution in [0.2, 0.25) is 0 Å². The average molecular weight is 836 g/mol. The molecule has 6 amide bonds. The number of rotatable bonds is 19. The van der Waals surface area contributed by atoms with Crippen molar-refractivity contribution in [3.05, 3.63) is 82.8 Å². The zero-order valence-corrected chi connectivity index (χ0v) is 34.7. The predicted octanol–water partition coefficient (Wildman–Crippen LogP) is 3.66. The van der Waals surface area contributed by atoms with Crippen molar-refractivity contribution in [3.8, 4) is 0 Å². The highest BCUT2D eigenvalue weighted by atomic mass is 16.3. The van der Waals surface area contributed by atoms with E-state index in [9.17, 15) is 33.9 Å². The Labute approximate surface area is 356 Å². The Balaban J connectivity index is 0.721. The number of β-amino-alcohol motifs (C(OH)–C–C–N with tert-alkyl or cyclic N) is 1. The van der Waals surface area contributed by atoms with Crippen LogP contribution in [0.1, 0.15) is 119 Å². The summed E-state index contributed by atoms with van der Waals surface area (Å²) in [5.74, 6) is -1.68. The molecule has 4 aliphatic rings. The maximum atomic E-state index is 13.3. The van der Waals surface area contributed by atoms with Crippen molar-refractivity contribution in [2.24, 2.45) is 0 Å². The first-order chi connectivity index (χ1) is 29.6. The van der Waals surface area contributed by atoms with Gasteiger partial charge >= 0.3 is 0 Å². The van der Waals surface area contributed by atoms with Gasteiger partial charge in [0, 0.05) is 76.5 Å². The minimum absolute atomic E-state index is 0.0794. The van der Waals surface area contributed by atoms with Crippen LogP contribution in [0.3, 0.4) is 0 Å². The molecule has 1 aromatic heterocycles. The molecular weight excluding hydrogens is 779 g/mol. The number of anilines is 2. The molecule has 4 aliphatic heterocycles. The van der Waals surface area contributed by atoms with Gasteiger partial charge in [0.2, 0.25) is 17.7 Å². The van der Waals surface area contributed by atoms with E-state index in [0.29, 0.717) is 44.1 Å². The van der Waals surface area contributed by atoms with E-state index in [1.54, 1.807) is 24.3 Å². The monoisotopic (exact) mass is 835 g/mol. The van der Waals surface area contributed by atoms with Crippen LogP contribution in [0, 0.1) is 0 Å². The smallest absolute Gasteiger partial charge is 0.270 e. The summed E-state index contributed by atoms with van der Waals surface area (Å²) in [6, 6.07) is 14.2. The number of carbonyl (C=O) groups is 6. The van der Waals surface area contributed by atoms with E-state index in [-0.39, 0.29) is 54.1 Å². The number of piperidine rings is 2. The maximum Gasteiger partial charge on any atom is 0.270 e. The summed E-state index contributed by atoms with van der Waals surface area (Å²) in [7, 11) is 0. The van der Waals surface area contributed by atoms with Crippen LogP contribution < -0.4 is 21.3 Å². The number of hydrogen-bond donors (Lipinski definition) is 5. The largest absolute Gasteiger partial charge is 0.390 e. The van der Waals surface area contributed by atoms with Crippen LogP contribution in [0.5, 0.6) is 0 Å². The van der Waals surface area contributed by atoms with Crippen molar-refractivity contribution in [1.82, 2.24) is 35.3 Å². The Morgan fingerprint density at radius 2 is 1.59 bits per heavy atom. The number of amides is 6. The van der Waals surface area contributed by atoms with Crippen LogP contribution in [0.25, 0.3) is 0 Å². The minimum atomic E-state index is -0.990. The van der Waals surface area contributed by atoms with Gasteiger partial charge in [-0.05, 0) is 61.8 Å². The van der Waals surface area contributed by atoms with Crippen LogP contribution >= 0.6 is 0 Å². The third kappa shape index (κ3) is 11.2. The van der Waals surface area contributed by atoms with Crippen LogP contribution in [0.4, 0.5) is 11.5 Å². The molecule has 0 aliphatic carbocycles. The highest BCUT2D eigenvalue weighted by Crippen LogP contribution is 2.32. The third-order valence-corrected chi connectivity index (χ3v) is 12.1. The van der Waals surface area contributed by atoms with Crippen LogP contribution in [0.15, 0.2) is 54.9 Å². The van der Waals surface area contributed by atoms with Crippen molar-refractivity contribution in [1.29, 1.82) is 0 Å². The molecule has 2 saturated heterocycles. The minimum Gasteiger partial charge on any atom is -0.390 e. The molecule has 1 unspecified atom stereocenters. The van der Waals surface area contributed by atoms with Gasteiger partial charge < -0.3 is 26.0 Å². The number of nitrogens with one attached hydrogen (secondary N) is 4. The van der Waals surface area contributed by atoms with E-state index in [1.165, 1.54) is 17.5 Å². The molecule has 2 fully saturated rings. The second-order valence-corrected chi connectivity index (χ2v) is 16.5. The summed E-state index contributed by atoms with van der Waals surface area (Å²) in [6.07, 6.45) is 10.8. The van der Waals surface area contributed by atoms with Gasteiger partial charge in [-0.1, -0.05) is 62.4 Å². The molecule has 16 heteroatoms. The van der Waals surface area contributed by atoms with Crippen LogP contribution in [-0.4, -0.2) is 123 Å². The number of aliphatic hydroxyl groups excluding tert-OH is 1. The Morgan fingerprint density at radius 1 is 0.836 bits per heavy atom. The lowest BCUT2D eigenvalue weighted by molar-refractivity contribution is -0.136. The molecule has 0 saturated carbocycles. The van der Waals surface area contributed by atoms with Gasteiger partial charge in [0.05, 0.1) is 17.2 Å². The number of imide groups is 2. The fourth-order valence-corrected chi connectivity index (χ4v) is 8.74. The Hall–Kier alpha value is -5.74. The van der Waals surface area contributed by atoms with E-state index in [4.69, 9.17) is 0 Å². The molecule has 0 radical (unpaired) electrons. The van der Waals surface area contributed by atoms with Crippen molar-refractivity contribution in [2.45, 2.75) is 108 Å². The molecular formula is C45H57N9O7. The molecule has 2 aromatic carbocycles. The lowest BCUT2D eigenvalue weighted by atomic mass is 10.00. The molecule has 5 N–H and O–H groups in total. The van der Waals surface area contributed by atoms with Crippen molar-refractivity contribution < 1.29 is 33.9 Å². The number of fused-ring (bicyclic) bond motifs is 2. The zero-order chi connectivity index (χ0) is 42.7. The third-order valence-electron chi connectivity index (χ3n) is 12.1. The first kappa shape index (κ1) is 43.4. The number of hydrogen-bond acceptors (Lipinski definition) is 12. The molecule has 16 nitrogen and oxygen atoms in total. The fraction of sp³-hybridized carbons (Fsp3) is 0.511. The lowest BCUT2D eigenvalue weighted by Gasteiger charge is -2.32. The number of likely N-dealkylation sites (tertiary alicyclic amines) is 1. The quantitative estimate of drug-likeness (QED) is 0.0867. The maximum absolute atomic E-state index is 13.3. The Kier molecular flexibility index (Phi) is 14.7. The van der Waals surface area contributed by atoms with E-state index < -0.39 is 35.8 Å².